The van der Waals surface area contributed by atoms with Crippen LogP contribution in [0.5, 0.6) is 0 Å². The molecule has 18 heavy (non-hydrogen) atoms. The molecule has 1 aromatic rings. The number of rotatable bonds is 1. The van der Waals surface area contributed by atoms with Crippen molar-refractivity contribution in [2.45, 2.75) is 52.0 Å². The maximum atomic E-state index is 13.2. The van der Waals surface area contributed by atoms with Gasteiger partial charge in [-0.1, -0.05) is 20.8 Å². The largest absolute Gasteiger partial charge is 0.321 e. The fourth-order valence-corrected chi connectivity index (χ4v) is 2.97. The number of hydrogen-bond acceptors (Lipinski definition) is 2. The number of hydrogen-bond donors (Lipinski definition) is 1. The Labute approximate surface area is 109 Å². The number of pyridine rings is 1. The van der Waals surface area contributed by atoms with E-state index in [4.69, 9.17) is 5.73 Å². The molecule has 1 fully saturated rings. The second-order valence-corrected chi connectivity index (χ2v) is 6.69. The summed E-state index contributed by atoms with van der Waals surface area (Å²) >= 11 is 0. The standard InChI is InChI=1S/C15H23FN2/c1-14(2,3)11-4-6-15(17,7-5-11)12-8-13(16)10-18-9-12/h8-11H,4-7,17H2,1-3H3. The van der Waals surface area contributed by atoms with Gasteiger partial charge in [0.15, 0.2) is 0 Å². The van der Waals surface area contributed by atoms with E-state index >= 15 is 0 Å². The van der Waals surface area contributed by atoms with Crippen molar-refractivity contribution in [1.29, 1.82) is 0 Å². The van der Waals surface area contributed by atoms with Crippen molar-refractivity contribution in [3.8, 4) is 0 Å². The van der Waals surface area contributed by atoms with Crippen LogP contribution in [0.4, 0.5) is 4.39 Å². The van der Waals surface area contributed by atoms with Crippen molar-refractivity contribution in [3.63, 3.8) is 0 Å². The summed E-state index contributed by atoms with van der Waals surface area (Å²) in [5.41, 5.74) is 7.23. The predicted molar refractivity (Wildman–Crippen MR) is 71.5 cm³/mol. The van der Waals surface area contributed by atoms with Gasteiger partial charge < -0.3 is 5.73 Å². The molecule has 2 N–H and O–H groups in total. The van der Waals surface area contributed by atoms with Gasteiger partial charge in [0, 0.05) is 11.7 Å². The molecule has 3 heteroatoms. The van der Waals surface area contributed by atoms with E-state index in [1.54, 1.807) is 6.20 Å². The number of halogens is 1. The minimum Gasteiger partial charge on any atom is -0.321 e. The number of aromatic nitrogens is 1. The lowest BCUT2D eigenvalue weighted by molar-refractivity contribution is 0.133. The second-order valence-electron chi connectivity index (χ2n) is 6.69. The van der Waals surface area contributed by atoms with Gasteiger partial charge in [0.05, 0.1) is 6.20 Å². The summed E-state index contributed by atoms with van der Waals surface area (Å²) in [7, 11) is 0. The Morgan fingerprint density at radius 3 is 2.39 bits per heavy atom. The molecule has 2 nitrogen and oxygen atoms in total. The van der Waals surface area contributed by atoms with Crippen molar-refractivity contribution in [1.82, 2.24) is 4.98 Å². The zero-order valence-corrected chi connectivity index (χ0v) is 11.5. The molecule has 0 aliphatic heterocycles. The van der Waals surface area contributed by atoms with Gasteiger partial charge in [-0.25, -0.2) is 4.39 Å². The molecule has 0 unspecified atom stereocenters. The van der Waals surface area contributed by atoms with Crippen LogP contribution < -0.4 is 5.73 Å². The first-order chi connectivity index (χ1) is 8.31. The van der Waals surface area contributed by atoms with E-state index in [1.165, 1.54) is 12.3 Å². The fraction of sp³-hybridized carbons (Fsp3) is 0.667. The van der Waals surface area contributed by atoms with Crippen LogP contribution in [0.15, 0.2) is 18.5 Å². The third kappa shape index (κ3) is 2.72. The summed E-state index contributed by atoms with van der Waals surface area (Å²) in [6.45, 7) is 6.85. The Kier molecular flexibility index (Phi) is 3.45. The van der Waals surface area contributed by atoms with Crippen LogP contribution in [0, 0.1) is 17.2 Å². The van der Waals surface area contributed by atoms with Crippen LogP contribution in [0.25, 0.3) is 0 Å². The monoisotopic (exact) mass is 250 g/mol. The summed E-state index contributed by atoms with van der Waals surface area (Å²) in [6, 6.07) is 1.53. The first kappa shape index (κ1) is 13.5. The summed E-state index contributed by atoms with van der Waals surface area (Å²) in [4.78, 5) is 3.92. The van der Waals surface area contributed by atoms with Crippen molar-refractivity contribution in [2.24, 2.45) is 17.1 Å². The van der Waals surface area contributed by atoms with Crippen molar-refractivity contribution in [3.05, 3.63) is 29.8 Å². The third-order valence-corrected chi connectivity index (χ3v) is 4.38. The average molecular weight is 250 g/mol. The summed E-state index contributed by atoms with van der Waals surface area (Å²) in [5, 5.41) is 0. The van der Waals surface area contributed by atoms with E-state index in [-0.39, 0.29) is 5.82 Å². The Hall–Kier alpha value is -0.960. The highest BCUT2D eigenvalue weighted by molar-refractivity contribution is 5.21. The summed E-state index contributed by atoms with van der Waals surface area (Å²) in [5.74, 6) is 0.408. The molecule has 100 valence electrons. The SMILES string of the molecule is CC(C)(C)C1CCC(N)(c2cncc(F)c2)CC1. The highest BCUT2D eigenvalue weighted by Crippen LogP contribution is 2.44. The zero-order valence-electron chi connectivity index (χ0n) is 11.5. The van der Waals surface area contributed by atoms with Gasteiger partial charge in [0.1, 0.15) is 5.82 Å². The van der Waals surface area contributed by atoms with E-state index < -0.39 is 5.54 Å². The first-order valence-electron chi connectivity index (χ1n) is 6.71. The van der Waals surface area contributed by atoms with Gasteiger partial charge in [-0.2, -0.15) is 0 Å². The quantitative estimate of drug-likeness (QED) is 0.827. The van der Waals surface area contributed by atoms with Gasteiger partial charge >= 0.3 is 0 Å². The highest BCUT2D eigenvalue weighted by atomic mass is 19.1. The van der Waals surface area contributed by atoms with E-state index in [9.17, 15) is 4.39 Å². The van der Waals surface area contributed by atoms with Crippen LogP contribution in [0.3, 0.4) is 0 Å². The van der Waals surface area contributed by atoms with Crippen molar-refractivity contribution < 1.29 is 4.39 Å². The maximum absolute atomic E-state index is 13.2. The van der Waals surface area contributed by atoms with Gasteiger partial charge in [-0.15, -0.1) is 0 Å². The molecule has 0 amide bonds. The lowest BCUT2D eigenvalue weighted by Crippen LogP contribution is -2.42. The number of nitrogens with two attached hydrogens (primary N) is 1. The molecule has 1 aliphatic rings. The summed E-state index contributed by atoms with van der Waals surface area (Å²) in [6.07, 6.45) is 6.99. The molecular formula is C15H23FN2. The summed E-state index contributed by atoms with van der Waals surface area (Å²) < 4.78 is 13.2. The average Bonchev–Trinajstić information content (AvgIpc) is 2.28. The first-order valence-corrected chi connectivity index (χ1v) is 6.71. The highest BCUT2D eigenvalue weighted by Gasteiger charge is 2.37. The Morgan fingerprint density at radius 2 is 1.89 bits per heavy atom. The number of nitrogens with zero attached hydrogens (tertiary/aromatic N) is 1. The molecule has 0 atom stereocenters. The lowest BCUT2D eigenvalue weighted by Gasteiger charge is -2.42. The molecule has 0 saturated heterocycles. The molecule has 2 rings (SSSR count). The molecule has 1 heterocycles. The van der Waals surface area contributed by atoms with Crippen LogP contribution in [0.1, 0.15) is 52.0 Å². The van der Waals surface area contributed by atoms with Gasteiger partial charge in [0.2, 0.25) is 0 Å². The Morgan fingerprint density at radius 1 is 1.28 bits per heavy atom. The topological polar surface area (TPSA) is 38.9 Å². The van der Waals surface area contributed by atoms with Crippen LogP contribution in [-0.2, 0) is 5.54 Å². The minimum atomic E-state index is -0.392. The molecule has 0 spiro atoms. The van der Waals surface area contributed by atoms with Crippen molar-refractivity contribution >= 4 is 0 Å². The Balaban J connectivity index is 2.12. The Bertz CT molecular complexity index is 415. The minimum absolute atomic E-state index is 0.296. The van der Waals surface area contributed by atoms with Crippen LogP contribution in [0.2, 0.25) is 0 Å². The predicted octanol–water partition coefficient (Wildman–Crippen LogP) is 3.61. The molecule has 1 aromatic heterocycles. The van der Waals surface area contributed by atoms with Gasteiger partial charge in [-0.3, -0.25) is 4.98 Å². The van der Waals surface area contributed by atoms with E-state index in [2.05, 4.69) is 25.8 Å². The van der Waals surface area contributed by atoms with E-state index in [0.717, 1.165) is 31.2 Å². The van der Waals surface area contributed by atoms with Crippen LogP contribution >= 0.6 is 0 Å². The van der Waals surface area contributed by atoms with Gasteiger partial charge in [-0.05, 0) is 48.6 Å². The van der Waals surface area contributed by atoms with Crippen molar-refractivity contribution in [2.75, 3.05) is 0 Å². The molecule has 1 saturated carbocycles. The second kappa shape index (κ2) is 4.61. The zero-order chi connectivity index (χ0) is 13.4. The molecular weight excluding hydrogens is 227 g/mol. The molecule has 1 aliphatic carbocycles. The molecule has 0 aromatic carbocycles. The molecule has 0 radical (unpaired) electrons. The van der Waals surface area contributed by atoms with Crippen LogP contribution in [-0.4, -0.2) is 4.98 Å². The van der Waals surface area contributed by atoms with E-state index in [0.29, 0.717) is 11.3 Å². The molecule has 0 bridgehead atoms. The normalized spacial score (nSPS) is 29.3. The third-order valence-electron chi connectivity index (χ3n) is 4.38. The van der Waals surface area contributed by atoms with E-state index in [1.807, 2.05) is 0 Å². The fourth-order valence-electron chi connectivity index (χ4n) is 2.97. The maximum Gasteiger partial charge on any atom is 0.141 e. The smallest absolute Gasteiger partial charge is 0.141 e. The van der Waals surface area contributed by atoms with Gasteiger partial charge in [0.25, 0.3) is 0 Å². The lowest BCUT2D eigenvalue weighted by atomic mass is 9.66.